The molecule has 0 spiro atoms. The van der Waals surface area contributed by atoms with Gasteiger partial charge in [0.15, 0.2) is 5.82 Å². The molecule has 0 radical (unpaired) electrons. The van der Waals surface area contributed by atoms with E-state index in [2.05, 4.69) is 15.5 Å². The standard InChI is InChI=1S/C15H14ClN5/c1-10(13-4-2-3-5-14(13)16)21-15(18-19-20-21)11-6-8-12(17)9-7-11/h2-10H,17H2,1H3. The van der Waals surface area contributed by atoms with Gasteiger partial charge < -0.3 is 5.73 Å². The number of hydrogen-bond acceptors (Lipinski definition) is 4. The first-order chi connectivity index (χ1) is 10.2. The van der Waals surface area contributed by atoms with Crippen LogP contribution >= 0.6 is 11.6 Å². The molecule has 1 aromatic heterocycles. The lowest BCUT2D eigenvalue weighted by Crippen LogP contribution is -2.11. The predicted molar refractivity (Wildman–Crippen MR) is 82.9 cm³/mol. The van der Waals surface area contributed by atoms with Crippen molar-refractivity contribution in [3.8, 4) is 11.4 Å². The van der Waals surface area contributed by atoms with Gasteiger partial charge in [0, 0.05) is 16.3 Å². The van der Waals surface area contributed by atoms with E-state index >= 15 is 0 Å². The van der Waals surface area contributed by atoms with Crippen LogP contribution < -0.4 is 5.73 Å². The first-order valence-corrected chi connectivity index (χ1v) is 6.93. The Morgan fingerprint density at radius 1 is 1.10 bits per heavy atom. The number of hydrogen-bond donors (Lipinski definition) is 1. The number of aromatic nitrogens is 4. The molecule has 3 aromatic rings. The van der Waals surface area contributed by atoms with Crippen molar-refractivity contribution in [1.29, 1.82) is 0 Å². The largest absolute Gasteiger partial charge is 0.399 e. The monoisotopic (exact) mass is 299 g/mol. The van der Waals surface area contributed by atoms with Crippen molar-refractivity contribution in [2.75, 3.05) is 5.73 Å². The molecular formula is C15H14ClN5. The Morgan fingerprint density at radius 2 is 1.81 bits per heavy atom. The summed E-state index contributed by atoms with van der Waals surface area (Å²) >= 11 is 6.26. The molecule has 2 N–H and O–H groups in total. The smallest absolute Gasteiger partial charge is 0.182 e. The molecule has 0 saturated heterocycles. The minimum Gasteiger partial charge on any atom is -0.399 e. The molecular weight excluding hydrogens is 286 g/mol. The minimum atomic E-state index is -0.0683. The van der Waals surface area contributed by atoms with Crippen molar-refractivity contribution in [1.82, 2.24) is 20.2 Å². The lowest BCUT2D eigenvalue weighted by Gasteiger charge is -2.15. The van der Waals surface area contributed by atoms with Gasteiger partial charge in [0.25, 0.3) is 0 Å². The first kappa shape index (κ1) is 13.6. The molecule has 6 heteroatoms. The fraction of sp³-hybridized carbons (Fsp3) is 0.133. The second-order valence-electron chi connectivity index (χ2n) is 4.77. The Bertz CT molecular complexity index is 751. The van der Waals surface area contributed by atoms with Crippen LogP contribution in [-0.4, -0.2) is 20.2 Å². The molecule has 0 saturated carbocycles. The highest BCUT2D eigenvalue weighted by atomic mass is 35.5. The summed E-state index contributed by atoms with van der Waals surface area (Å²) in [6.07, 6.45) is 0. The van der Waals surface area contributed by atoms with E-state index in [1.807, 2.05) is 55.5 Å². The second-order valence-corrected chi connectivity index (χ2v) is 5.17. The lowest BCUT2D eigenvalue weighted by molar-refractivity contribution is 0.548. The molecule has 3 rings (SSSR count). The molecule has 1 atom stereocenters. The summed E-state index contributed by atoms with van der Waals surface area (Å²) in [4.78, 5) is 0. The number of halogens is 1. The second kappa shape index (κ2) is 5.54. The average molecular weight is 300 g/mol. The van der Waals surface area contributed by atoms with Crippen molar-refractivity contribution in [2.24, 2.45) is 0 Å². The van der Waals surface area contributed by atoms with Crippen molar-refractivity contribution in [2.45, 2.75) is 13.0 Å². The Hall–Kier alpha value is -2.40. The summed E-state index contributed by atoms with van der Waals surface area (Å²) in [6, 6.07) is 15.1. The highest BCUT2D eigenvalue weighted by molar-refractivity contribution is 6.31. The molecule has 106 valence electrons. The van der Waals surface area contributed by atoms with E-state index in [0.29, 0.717) is 16.5 Å². The number of tetrazole rings is 1. The van der Waals surface area contributed by atoms with E-state index in [0.717, 1.165) is 11.1 Å². The SMILES string of the molecule is CC(c1ccccc1Cl)n1nnnc1-c1ccc(N)cc1. The highest BCUT2D eigenvalue weighted by Crippen LogP contribution is 2.28. The fourth-order valence-corrected chi connectivity index (χ4v) is 2.52. The zero-order valence-electron chi connectivity index (χ0n) is 11.4. The van der Waals surface area contributed by atoms with Gasteiger partial charge in [0.2, 0.25) is 0 Å². The molecule has 0 aliphatic heterocycles. The van der Waals surface area contributed by atoms with E-state index in [1.165, 1.54) is 0 Å². The normalized spacial score (nSPS) is 12.3. The Morgan fingerprint density at radius 3 is 2.52 bits per heavy atom. The van der Waals surface area contributed by atoms with Crippen LogP contribution in [-0.2, 0) is 0 Å². The van der Waals surface area contributed by atoms with Gasteiger partial charge in [-0.15, -0.1) is 5.10 Å². The summed E-state index contributed by atoms with van der Waals surface area (Å²) < 4.78 is 1.76. The zero-order chi connectivity index (χ0) is 14.8. The molecule has 1 unspecified atom stereocenters. The van der Waals surface area contributed by atoms with Gasteiger partial charge in [-0.1, -0.05) is 29.8 Å². The van der Waals surface area contributed by atoms with Gasteiger partial charge >= 0.3 is 0 Å². The number of nitrogens with zero attached hydrogens (tertiary/aromatic N) is 4. The van der Waals surface area contributed by atoms with Crippen LogP contribution in [0.15, 0.2) is 48.5 Å². The van der Waals surface area contributed by atoms with Gasteiger partial charge in [0.05, 0.1) is 6.04 Å². The molecule has 0 bridgehead atoms. The number of nitrogens with two attached hydrogens (primary N) is 1. The van der Waals surface area contributed by atoms with Crippen LogP contribution in [0.3, 0.4) is 0 Å². The highest BCUT2D eigenvalue weighted by Gasteiger charge is 2.17. The van der Waals surface area contributed by atoms with E-state index in [-0.39, 0.29) is 6.04 Å². The Kier molecular flexibility index (Phi) is 3.58. The molecule has 0 fully saturated rings. The van der Waals surface area contributed by atoms with Gasteiger partial charge in [-0.3, -0.25) is 0 Å². The summed E-state index contributed by atoms with van der Waals surface area (Å²) in [6.45, 7) is 2.01. The van der Waals surface area contributed by atoms with E-state index in [1.54, 1.807) is 4.68 Å². The van der Waals surface area contributed by atoms with Crippen LogP contribution in [0.2, 0.25) is 5.02 Å². The maximum absolute atomic E-state index is 6.26. The maximum atomic E-state index is 6.26. The van der Waals surface area contributed by atoms with Gasteiger partial charge in [-0.05, 0) is 53.2 Å². The van der Waals surface area contributed by atoms with E-state index < -0.39 is 0 Å². The van der Waals surface area contributed by atoms with Crippen molar-refractivity contribution in [3.63, 3.8) is 0 Å². The van der Waals surface area contributed by atoms with Gasteiger partial charge in [0.1, 0.15) is 0 Å². The van der Waals surface area contributed by atoms with Crippen LogP contribution in [0, 0.1) is 0 Å². The molecule has 1 heterocycles. The number of anilines is 1. The number of benzene rings is 2. The third-order valence-electron chi connectivity index (χ3n) is 3.38. The lowest BCUT2D eigenvalue weighted by atomic mass is 10.1. The molecule has 5 nitrogen and oxygen atoms in total. The third kappa shape index (κ3) is 2.60. The van der Waals surface area contributed by atoms with Crippen LogP contribution in [0.4, 0.5) is 5.69 Å². The minimum absolute atomic E-state index is 0.0683. The summed E-state index contributed by atoms with van der Waals surface area (Å²) in [5.74, 6) is 0.683. The third-order valence-corrected chi connectivity index (χ3v) is 3.73. The average Bonchev–Trinajstić information content (AvgIpc) is 2.97. The zero-order valence-corrected chi connectivity index (χ0v) is 12.2. The van der Waals surface area contributed by atoms with Crippen LogP contribution in [0.5, 0.6) is 0 Å². The summed E-state index contributed by atoms with van der Waals surface area (Å²) in [5.41, 5.74) is 8.30. The van der Waals surface area contributed by atoms with E-state index in [4.69, 9.17) is 17.3 Å². The van der Waals surface area contributed by atoms with Crippen LogP contribution in [0.1, 0.15) is 18.5 Å². The molecule has 2 aromatic carbocycles. The fourth-order valence-electron chi connectivity index (χ4n) is 2.22. The Balaban J connectivity index is 2.03. The quantitative estimate of drug-likeness (QED) is 0.754. The van der Waals surface area contributed by atoms with Gasteiger partial charge in [-0.2, -0.15) is 0 Å². The predicted octanol–water partition coefficient (Wildman–Crippen LogP) is 3.19. The summed E-state index contributed by atoms with van der Waals surface area (Å²) in [7, 11) is 0. The van der Waals surface area contributed by atoms with Crippen molar-refractivity contribution in [3.05, 3.63) is 59.1 Å². The van der Waals surface area contributed by atoms with E-state index in [9.17, 15) is 0 Å². The molecule has 0 amide bonds. The first-order valence-electron chi connectivity index (χ1n) is 6.55. The maximum Gasteiger partial charge on any atom is 0.182 e. The number of rotatable bonds is 3. The van der Waals surface area contributed by atoms with Crippen molar-refractivity contribution < 1.29 is 0 Å². The summed E-state index contributed by atoms with van der Waals surface area (Å²) in [5, 5.41) is 12.7. The van der Waals surface area contributed by atoms with Crippen LogP contribution in [0.25, 0.3) is 11.4 Å². The Labute approximate surface area is 127 Å². The molecule has 0 aliphatic carbocycles. The molecule has 0 aliphatic rings. The topological polar surface area (TPSA) is 69.6 Å². The van der Waals surface area contributed by atoms with Crippen molar-refractivity contribution >= 4 is 17.3 Å². The van der Waals surface area contributed by atoms with Gasteiger partial charge in [-0.25, -0.2) is 4.68 Å². The molecule has 21 heavy (non-hydrogen) atoms. The number of nitrogen functional groups attached to an aromatic ring is 1.